The number of hydrogen-bond donors (Lipinski definition) is 2. The number of urea groups is 1. The summed E-state index contributed by atoms with van der Waals surface area (Å²) in [5, 5.41) is 2.42. The molecule has 0 aliphatic heterocycles. The summed E-state index contributed by atoms with van der Waals surface area (Å²) in [5.41, 5.74) is 6.61. The highest BCUT2D eigenvalue weighted by atomic mass is 19.1. The smallest absolute Gasteiger partial charge is 0.316 e. The van der Waals surface area contributed by atoms with E-state index in [4.69, 9.17) is 5.73 Å². The fourth-order valence-electron chi connectivity index (χ4n) is 2.06. The third kappa shape index (κ3) is 3.60. The van der Waals surface area contributed by atoms with E-state index in [9.17, 15) is 14.0 Å². The predicted molar refractivity (Wildman–Crippen MR) is 83.4 cm³/mol. The normalized spacial score (nSPS) is 10.1. The molecule has 2 aromatic rings. The molecule has 0 saturated heterocycles. The molecular formula is C16H16FN3O2. The number of hydrogen-bond acceptors (Lipinski definition) is 2. The van der Waals surface area contributed by atoms with Crippen LogP contribution in [0.1, 0.15) is 17.3 Å². The molecule has 0 aromatic heterocycles. The van der Waals surface area contributed by atoms with E-state index in [1.54, 1.807) is 36.4 Å². The maximum absolute atomic E-state index is 13.0. The Hall–Kier alpha value is -2.89. The number of nitrogens with one attached hydrogen (secondary N) is 1. The molecule has 114 valence electrons. The van der Waals surface area contributed by atoms with Crippen LogP contribution in [0.4, 0.5) is 20.6 Å². The van der Waals surface area contributed by atoms with Crippen LogP contribution >= 0.6 is 0 Å². The Labute approximate surface area is 127 Å². The molecule has 5 nitrogen and oxygen atoms in total. The Kier molecular flexibility index (Phi) is 4.73. The highest BCUT2D eigenvalue weighted by Gasteiger charge is 2.16. The molecule has 0 fully saturated rings. The highest BCUT2D eigenvalue weighted by molar-refractivity contribution is 6.06. The first-order chi connectivity index (χ1) is 10.5. The average Bonchev–Trinajstić information content (AvgIpc) is 2.50. The van der Waals surface area contributed by atoms with Gasteiger partial charge in [0.1, 0.15) is 5.82 Å². The fraction of sp³-hybridized carbons (Fsp3) is 0.125. The summed E-state index contributed by atoms with van der Waals surface area (Å²) in [5.74, 6) is -0.561. The Morgan fingerprint density at radius 3 is 2.18 bits per heavy atom. The lowest BCUT2D eigenvalue weighted by Crippen LogP contribution is -2.30. The van der Waals surface area contributed by atoms with Gasteiger partial charge >= 0.3 is 6.03 Å². The molecular weight excluding hydrogens is 285 g/mol. The van der Waals surface area contributed by atoms with E-state index in [2.05, 4.69) is 5.32 Å². The summed E-state index contributed by atoms with van der Waals surface area (Å²) in [6.45, 7) is 2.29. The van der Waals surface area contributed by atoms with E-state index in [-0.39, 0.29) is 11.7 Å². The molecule has 0 aliphatic carbocycles. The van der Waals surface area contributed by atoms with Gasteiger partial charge in [0.25, 0.3) is 5.91 Å². The number of nitrogens with zero attached hydrogens (tertiary/aromatic N) is 1. The zero-order valence-corrected chi connectivity index (χ0v) is 12.0. The maximum Gasteiger partial charge on any atom is 0.316 e. The Morgan fingerprint density at radius 2 is 1.68 bits per heavy atom. The van der Waals surface area contributed by atoms with Gasteiger partial charge in [-0.2, -0.15) is 0 Å². The summed E-state index contributed by atoms with van der Waals surface area (Å²) < 4.78 is 13.0. The molecule has 0 heterocycles. The molecule has 0 radical (unpaired) electrons. The number of anilines is 2. The molecule has 0 bridgehead atoms. The second-order valence-electron chi connectivity index (χ2n) is 4.59. The minimum absolute atomic E-state index is 0.209. The molecule has 3 amide bonds. The molecule has 2 rings (SSSR count). The molecule has 2 aromatic carbocycles. The molecule has 6 heteroatoms. The lowest BCUT2D eigenvalue weighted by molar-refractivity contribution is 0.0988. The topological polar surface area (TPSA) is 75.4 Å². The van der Waals surface area contributed by atoms with Crippen LogP contribution in [0.25, 0.3) is 0 Å². The van der Waals surface area contributed by atoms with Crippen molar-refractivity contribution in [3.63, 3.8) is 0 Å². The summed E-state index contributed by atoms with van der Waals surface area (Å²) in [6, 6.07) is 11.4. The monoisotopic (exact) mass is 301 g/mol. The zero-order valence-electron chi connectivity index (χ0n) is 12.0. The molecule has 0 aliphatic rings. The third-order valence-corrected chi connectivity index (χ3v) is 3.10. The number of carbonyl (C=O) groups excluding carboxylic acids is 2. The van der Waals surface area contributed by atoms with Crippen molar-refractivity contribution in [3.8, 4) is 0 Å². The van der Waals surface area contributed by atoms with Gasteiger partial charge in [-0.1, -0.05) is 0 Å². The van der Waals surface area contributed by atoms with Crippen LogP contribution in [0.15, 0.2) is 48.5 Å². The van der Waals surface area contributed by atoms with Gasteiger partial charge < -0.3 is 16.0 Å². The molecule has 3 N–H and O–H groups in total. The quantitative estimate of drug-likeness (QED) is 0.911. The first-order valence-electron chi connectivity index (χ1n) is 6.75. The van der Waals surface area contributed by atoms with Gasteiger partial charge in [-0.3, -0.25) is 4.79 Å². The van der Waals surface area contributed by atoms with Crippen molar-refractivity contribution in [1.82, 2.24) is 0 Å². The van der Waals surface area contributed by atoms with Crippen LogP contribution in [-0.4, -0.2) is 18.5 Å². The maximum atomic E-state index is 13.0. The van der Waals surface area contributed by atoms with Crippen molar-refractivity contribution in [2.24, 2.45) is 5.73 Å². The van der Waals surface area contributed by atoms with Crippen molar-refractivity contribution in [2.45, 2.75) is 6.92 Å². The Morgan fingerprint density at radius 1 is 1.09 bits per heavy atom. The minimum Gasteiger partial charge on any atom is -0.351 e. The number of primary amides is 1. The Bertz CT molecular complexity index is 669. The summed E-state index contributed by atoms with van der Waals surface area (Å²) in [7, 11) is 0. The number of halogens is 1. The second kappa shape index (κ2) is 6.71. The van der Waals surface area contributed by atoms with E-state index >= 15 is 0 Å². The van der Waals surface area contributed by atoms with Gasteiger partial charge in [0.05, 0.1) is 0 Å². The summed E-state index contributed by atoms with van der Waals surface area (Å²) >= 11 is 0. The van der Waals surface area contributed by atoms with Crippen LogP contribution < -0.4 is 16.0 Å². The van der Waals surface area contributed by atoms with E-state index in [0.29, 0.717) is 23.5 Å². The van der Waals surface area contributed by atoms with Gasteiger partial charge in [0.2, 0.25) is 0 Å². The van der Waals surface area contributed by atoms with Crippen LogP contribution in [-0.2, 0) is 0 Å². The second-order valence-corrected chi connectivity index (χ2v) is 4.59. The van der Waals surface area contributed by atoms with Crippen molar-refractivity contribution in [3.05, 3.63) is 59.9 Å². The molecule has 0 unspecified atom stereocenters. The first-order valence-corrected chi connectivity index (χ1v) is 6.75. The molecule has 22 heavy (non-hydrogen) atoms. The third-order valence-electron chi connectivity index (χ3n) is 3.10. The number of carbonyl (C=O) groups is 2. The standard InChI is InChI=1S/C16H16FN3O2/c1-2-20(14-9-5-12(17)6-10-14)15(21)11-3-7-13(8-4-11)19-16(18)22/h3-10H,2H2,1H3,(H3,18,19,22). The van der Waals surface area contributed by atoms with Crippen molar-refractivity contribution >= 4 is 23.3 Å². The van der Waals surface area contributed by atoms with Crippen LogP contribution in [0.5, 0.6) is 0 Å². The van der Waals surface area contributed by atoms with E-state index in [0.717, 1.165) is 0 Å². The van der Waals surface area contributed by atoms with E-state index < -0.39 is 6.03 Å². The van der Waals surface area contributed by atoms with Crippen molar-refractivity contribution in [2.75, 3.05) is 16.8 Å². The van der Waals surface area contributed by atoms with Gasteiger partial charge in [0, 0.05) is 23.5 Å². The number of nitrogens with two attached hydrogens (primary N) is 1. The largest absolute Gasteiger partial charge is 0.351 e. The summed E-state index contributed by atoms with van der Waals surface area (Å²) in [4.78, 5) is 24.8. The predicted octanol–water partition coefficient (Wildman–Crippen LogP) is 2.98. The number of benzene rings is 2. The van der Waals surface area contributed by atoms with Gasteiger partial charge in [0.15, 0.2) is 0 Å². The first kappa shape index (κ1) is 15.5. The lowest BCUT2D eigenvalue weighted by Gasteiger charge is -2.21. The minimum atomic E-state index is -0.666. The average molecular weight is 301 g/mol. The van der Waals surface area contributed by atoms with Crippen molar-refractivity contribution in [1.29, 1.82) is 0 Å². The number of amides is 3. The van der Waals surface area contributed by atoms with Gasteiger partial charge in [-0.15, -0.1) is 0 Å². The zero-order chi connectivity index (χ0) is 16.1. The summed E-state index contributed by atoms with van der Waals surface area (Å²) in [6.07, 6.45) is 0. The molecule has 0 saturated carbocycles. The van der Waals surface area contributed by atoms with E-state index in [1.165, 1.54) is 17.0 Å². The highest BCUT2D eigenvalue weighted by Crippen LogP contribution is 2.18. The van der Waals surface area contributed by atoms with Crippen molar-refractivity contribution < 1.29 is 14.0 Å². The molecule has 0 spiro atoms. The van der Waals surface area contributed by atoms with Crippen LogP contribution in [0, 0.1) is 5.82 Å². The van der Waals surface area contributed by atoms with Gasteiger partial charge in [-0.25, -0.2) is 9.18 Å². The fourth-order valence-corrected chi connectivity index (χ4v) is 2.06. The molecule has 0 atom stereocenters. The van der Waals surface area contributed by atoms with Gasteiger partial charge in [-0.05, 0) is 55.5 Å². The van der Waals surface area contributed by atoms with E-state index in [1.807, 2.05) is 6.92 Å². The van der Waals surface area contributed by atoms with Crippen LogP contribution in [0.2, 0.25) is 0 Å². The SMILES string of the molecule is CCN(C(=O)c1ccc(NC(N)=O)cc1)c1ccc(F)cc1. The Balaban J connectivity index is 2.21. The van der Waals surface area contributed by atoms with Crippen LogP contribution in [0.3, 0.4) is 0 Å². The number of rotatable bonds is 4. The lowest BCUT2D eigenvalue weighted by atomic mass is 10.1.